The summed E-state index contributed by atoms with van der Waals surface area (Å²) < 4.78 is 0. The molecule has 1 aromatic heterocycles. The van der Waals surface area contributed by atoms with Gasteiger partial charge in [-0.1, -0.05) is 0 Å². The number of aryl methyl sites for hydroxylation is 1. The maximum Gasteiger partial charge on any atom is 0.312 e. The predicted molar refractivity (Wildman–Crippen MR) is 59.6 cm³/mol. The number of hydrogen-bond acceptors (Lipinski definition) is 5. The Kier molecular flexibility index (Phi) is 2.72. The topological polar surface area (TPSA) is 81.0 Å². The van der Waals surface area contributed by atoms with Gasteiger partial charge in [-0.15, -0.1) is 0 Å². The van der Waals surface area contributed by atoms with Crippen LogP contribution in [0.3, 0.4) is 0 Å². The Hall–Kier alpha value is -1.72. The van der Waals surface area contributed by atoms with E-state index in [1.807, 2.05) is 6.92 Å². The quantitative estimate of drug-likeness (QED) is 0.622. The summed E-state index contributed by atoms with van der Waals surface area (Å²) in [6, 6.07) is 0. The molecule has 0 atom stereocenters. The van der Waals surface area contributed by atoms with E-state index in [1.54, 1.807) is 6.92 Å². The fourth-order valence-electron chi connectivity index (χ4n) is 1.69. The van der Waals surface area contributed by atoms with E-state index in [4.69, 9.17) is 0 Å². The first-order valence-corrected chi connectivity index (χ1v) is 5.40. The smallest absolute Gasteiger partial charge is 0.312 e. The second kappa shape index (κ2) is 4.03. The lowest BCUT2D eigenvalue weighted by Crippen LogP contribution is -2.08. The van der Waals surface area contributed by atoms with E-state index in [9.17, 15) is 10.1 Å². The van der Waals surface area contributed by atoms with Gasteiger partial charge in [-0.05, 0) is 26.7 Å². The first-order chi connectivity index (χ1) is 7.63. The van der Waals surface area contributed by atoms with Crippen LogP contribution in [0.15, 0.2) is 0 Å². The summed E-state index contributed by atoms with van der Waals surface area (Å²) >= 11 is 0. The van der Waals surface area contributed by atoms with E-state index in [2.05, 4.69) is 15.3 Å². The lowest BCUT2D eigenvalue weighted by atomic mass is 10.2. The number of rotatable bonds is 4. The third-order valence-electron chi connectivity index (χ3n) is 2.57. The van der Waals surface area contributed by atoms with Crippen LogP contribution in [0.5, 0.6) is 0 Å². The van der Waals surface area contributed by atoms with Gasteiger partial charge in [0.05, 0.1) is 4.92 Å². The van der Waals surface area contributed by atoms with E-state index >= 15 is 0 Å². The molecular formula is C10H14N4O2. The first-order valence-electron chi connectivity index (χ1n) is 5.40. The van der Waals surface area contributed by atoms with Crippen LogP contribution in [-0.2, 0) is 0 Å². The van der Waals surface area contributed by atoms with Crippen molar-refractivity contribution in [1.82, 2.24) is 9.97 Å². The number of nitrogens with one attached hydrogen (secondary N) is 1. The molecule has 1 aromatic rings. The third kappa shape index (κ3) is 1.95. The molecular weight excluding hydrogens is 208 g/mol. The highest BCUT2D eigenvalue weighted by Crippen LogP contribution is 2.43. The van der Waals surface area contributed by atoms with Gasteiger partial charge in [-0.2, -0.15) is 0 Å². The van der Waals surface area contributed by atoms with Crippen molar-refractivity contribution in [2.75, 3.05) is 11.9 Å². The van der Waals surface area contributed by atoms with E-state index in [0.717, 1.165) is 12.8 Å². The van der Waals surface area contributed by atoms with Crippen molar-refractivity contribution < 1.29 is 4.92 Å². The molecule has 6 heteroatoms. The molecule has 0 radical (unpaired) electrons. The third-order valence-corrected chi connectivity index (χ3v) is 2.57. The Labute approximate surface area is 93.3 Å². The fraction of sp³-hybridized carbons (Fsp3) is 0.600. The van der Waals surface area contributed by atoms with Gasteiger partial charge in [0.25, 0.3) is 0 Å². The lowest BCUT2D eigenvalue weighted by molar-refractivity contribution is -0.386. The molecule has 6 nitrogen and oxygen atoms in total. The molecule has 1 fully saturated rings. The number of nitrogens with zero attached hydrogens (tertiary/aromatic N) is 3. The molecule has 0 amide bonds. The molecule has 86 valence electrons. The van der Waals surface area contributed by atoms with Crippen molar-refractivity contribution in [1.29, 1.82) is 0 Å². The minimum absolute atomic E-state index is 0.0872. The van der Waals surface area contributed by atoms with Gasteiger partial charge in [-0.3, -0.25) is 10.1 Å². The number of nitro groups is 1. The highest BCUT2D eigenvalue weighted by molar-refractivity contribution is 5.47. The normalized spacial score (nSPS) is 14.9. The summed E-state index contributed by atoms with van der Waals surface area (Å²) in [5.74, 6) is 0.743. The minimum atomic E-state index is -0.376. The molecule has 1 heterocycles. The van der Waals surface area contributed by atoms with Gasteiger partial charge in [0.15, 0.2) is 0 Å². The van der Waals surface area contributed by atoms with Gasteiger partial charge in [-0.25, -0.2) is 9.97 Å². The van der Waals surface area contributed by atoms with Crippen molar-refractivity contribution in [2.24, 2.45) is 0 Å². The van der Waals surface area contributed by atoms with Crippen LogP contribution in [0.1, 0.15) is 37.1 Å². The van der Waals surface area contributed by atoms with Gasteiger partial charge in [0.1, 0.15) is 11.4 Å². The molecule has 0 aromatic carbocycles. The number of aromatic nitrogens is 2. The summed E-state index contributed by atoms with van der Waals surface area (Å²) in [5.41, 5.74) is 1.12. The van der Waals surface area contributed by atoms with Crippen LogP contribution in [0.25, 0.3) is 0 Å². The fourth-order valence-corrected chi connectivity index (χ4v) is 1.69. The summed E-state index contributed by atoms with van der Waals surface area (Å²) in [4.78, 5) is 18.9. The Morgan fingerprint density at radius 1 is 1.50 bits per heavy atom. The first kappa shape index (κ1) is 10.8. The van der Waals surface area contributed by atoms with E-state index < -0.39 is 0 Å². The molecule has 2 rings (SSSR count). The second-order valence-electron chi connectivity index (χ2n) is 3.93. The Bertz CT molecular complexity index is 429. The predicted octanol–water partition coefficient (Wildman–Crippen LogP) is 2.00. The van der Waals surface area contributed by atoms with Gasteiger partial charge in [0.2, 0.25) is 5.95 Å². The van der Waals surface area contributed by atoms with Crippen molar-refractivity contribution in [3.8, 4) is 0 Å². The molecule has 1 aliphatic carbocycles. The maximum atomic E-state index is 10.9. The molecule has 1 saturated carbocycles. The van der Waals surface area contributed by atoms with Crippen LogP contribution in [0.4, 0.5) is 11.6 Å². The number of hydrogen-bond donors (Lipinski definition) is 1. The SMILES string of the molecule is CCNc1nc(C)c([N+](=O)[O-])c(C2CC2)n1. The van der Waals surface area contributed by atoms with E-state index in [0.29, 0.717) is 23.9 Å². The summed E-state index contributed by atoms with van der Waals surface area (Å²) in [7, 11) is 0. The maximum absolute atomic E-state index is 10.9. The van der Waals surface area contributed by atoms with Crippen molar-refractivity contribution >= 4 is 11.6 Å². The molecule has 16 heavy (non-hydrogen) atoms. The average molecular weight is 222 g/mol. The highest BCUT2D eigenvalue weighted by Gasteiger charge is 2.34. The lowest BCUT2D eigenvalue weighted by Gasteiger charge is -2.07. The second-order valence-corrected chi connectivity index (χ2v) is 3.93. The van der Waals surface area contributed by atoms with Gasteiger partial charge < -0.3 is 5.32 Å². The molecule has 0 aliphatic heterocycles. The van der Waals surface area contributed by atoms with Crippen molar-refractivity contribution in [3.05, 3.63) is 21.5 Å². The monoisotopic (exact) mass is 222 g/mol. The zero-order valence-corrected chi connectivity index (χ0v) is 9.36. The van der Waals surface area contributed by atoms with E-state index in [1.165, 1.54) is 0 Å². The van der Waals surface area contributed by atoms with Crippen LogP contribution < -0.4 is 5.32 Å². The Morgan fingerprint density at radius 2 is 2.19 bits per heavy atom. The van der Waals surface area contributed by atoms with Gasteiger partial charge in [0, 0.05) is 12.5 Å². The Balaban J connectivity index is 2.47. The van der Waals surface area contributed by atoms with Gasteiger partial charge >= 0.3 is 5.69 Å². The molecule has 0 spiro atoms. The summed E-state index contributed by atoms with van der Waals surface area (Å²) in [5, 5.41) is 13.9. The van der Waals surface area contributed by atoms with Crippen LogP contribution in [0.2, 0.25) is 0 Å². The van der Waals surface area contributed by atoms with Crippen LogP contribution >= 0.6 is 0 Å². The number of anilines is 1. The zero-order chi connectivity index (χ0) is 11.7. The zero-order valence-electron chi connectivity index (χ0n) is 9.36. The largest absolute Gasteiger partial charge is 0.354 e. The molecule has 0 saturated heterocycles. The van der Waals surface area contributed by atoms with Crippen molar-refractivity contribution in [2.45, 2.75) is 32.6 Å². The summed E-state index contributed by atoms with van der Waals surface area (Å²) in [6.07, 6.45) is 1.98. The Morgan fingerprint density at radius 3 is 2.69 bits per heavy atom. The van der Waals surface area contributed by atoms with Crippen LogP contribution in [-0.4, -0.2) is 21.4 Å². The molecule has 0 bridgehead atoms. The minimum Gasteiger partial charge on any atom is -0.354 e. The standard InChI is InChI=1S/C10H14N4O2/c1-3-11-10-12-6(2)9(14(15)16)8(13-10)7-4-5-7/h7H,3-5H2,1-2H3,(H,11,12,13). The molecule has 1 N–H and O–H groups in total. The van der Waals surface area contributed by atoms with E-state index in [-0.39, 0.29) is 16.5 Å². The highest BCUT2D eigenvalue weighted by atomic mass is 16.6. The molecule has 0 unspecified atom stereocenters. The average Bonchev–Trinajstić information content (AvgIpc) is 2.99. The van der Waals surface area contributed by atoms with Crippen LogP contribution in [0, 0.1) is 17.0 Å². The molecule has 1 aliphatic rings. The summed E-state index contributed by atoms with van der Waals surface area (Å²) in [6.45, 7) is 4.31. The van der Waals surface area contributed by atoms with Crippen molar-refractivity contribution in [3.63, 3.8) is 0 Å².